The van der Waals surface area contributed by atoms with E-state index >= 15 is 0 Å². The van der Waals surface area contributed by atoms with Crippen LogP contribution in [0.1, 0.15) is 30.8 Å². The summed E-state index contributed by atoms with van der Waals surface area (Å²) in [5.74, 6) is 0.148. The van der Waals surface area contributed by atoms with Crippen LogP contribution in [0.2, 0.25) is 0 Å². The quantitative estimate of drug-likeness (QED) is 0.806. The van der Waals surface area contributed by atoms with Crippen molar-refractivity contribution in [3.63, 3.8) is 0 Å². The number of amides is 1. The average Bonchev–Trinajstić information content (AvgIpc) is 2.86. The van der Waals surface area contributed by atoms with Crippen LogP contribution in [0.25, 0.3) is 0 Å². The van der Waals surface area contributed by atoms with Crippen molar-refractivity contribution in [1.29, 1.82) is 0 Å². The van der Waals surface area contributed by atoms with E-state index in [1.54, 1.807) is 40.7 Å². The van der Waals surface area contributed by atoms with E-state index in [4.69, 9.17) is 0 Å². The van der Waals surface area contributed by atoms with Crippen LogP contribution in [0.15, 0.2) is 34.2 Å². The summed E-state index contributed by atoms with van der Waals surface area (Å²) in [6.07, 6.45) is 3.41. The summed E-state index contributed by atoms with van der Waals surface area (Å²) in [4.78, 5) is 25.5. The normalized spacial score (nSPS) is 14.7. The second-order valence-corrected chi connectivity index (χ2v) is 6.25. The Morgan fingerprint density at radius 1 is 1.48 bits per heavy atom. The van der Waals surface area contributed by atoms with Crippen LogP contribution in [0, 0.1) is 0 Å². The van der Waals surface area contributed by atoms with Crippen molar-refractivity contribution in [3.05, 3.63) is 39.9 Å². The van der Waals surface area contributed by atoms with E-state index in [-0.39, 0.29) is 5.91 Å². The van der Waals surface area contributed by atoms with Gasteiger partial charge in [0, 0.05) is 32.4 Å². The van der Waals surface area contributed by atoms with E-state index in [1.165, 1.54) is 4.91 Å². The molecule has 1 amide bonds. The highest BCUT2D eigenvalue weighted by Crippen LogP contribution is 2.32. The summed E-state index contributed by atoms with van der Waals surface area (Å²) in [5, 5.41) is 3.78. The van der Waals surface area contributed by atoms with Gasteiger partial charge in [-0.05, 0) is 36.1 Å². The second kappa shape index (κ2) is 7.83. The largest absolute Gasteiger partial charge is 0.342 e. The van der Waals surface area contributed by atoms with Gasteiger partial charge in [0.25, 0.3) is 0 Å². The highest BCUT2D eigenvalue weighted by atomic mass is 32.2. The van der Waals surface area contributed by atoms with E-state index in [9.17, 15) is 9.59 Å². The highest BCUT2D eigenvalue weighted by Gasteiger charge is 2.21. The molecule has 2 heterocycles. The van der Waals surface area contributed by atoms with Crippen LogP contribution in [0.4, 0.5) is 0 Å². The number of allylic oxidation sites excluding steroid dienone is 1. The van der Waals surface area contributed by atoms with Crippen molar-refractivity contribution in [1.82, 2.24) is 14.7 Å². The molecule has 2 rings (SSSR count). The van der Waals surface area contributed by atoms with Crippen LogP contribution >= 0.6 is 11.8 Å². The van der Waals surface area contributed by atoms with E-state index in [0.717, 1.165) is 29.7 Å². The smallest absolute Gasteiger partial charge is 0.250 e. The lowest BCUT2D eigenvalue weighted by Crippen LogP contribution is -2.32. The molecule has 0 aliphatic carbocycles. The Labute approximate surface area is 129 Å². The molecule has 114 valence electrons. The highest BCUT2D eigenvalue weighted by molar-refractivity contribution is 8.06. The third-order valence-electron chi connectivity index (χ3n) is 2.91. The van der Waals surface area contributed by atoms with Crippen LogP contribution in [-0.2, 0) is 11.8 Å². The molecule has 0 radical (unpaired) electrons. The number of hydrogen-bond acceptors (Lipinski definition) is 4. The van der Waals surface area contributed by atoms with Gasteiger partial charge in [0.05, 0.1) is 0 Å². The van der Waals surface area contributed by atoms with Crippen molar-refractivity contribution >= 4 is 24.0 Å². The molecule has 0 N–H and O–H groups in total. The van der Waals surface area contributed by atoms with Gasteiger partial charge in [-0.15, -0.1) is 0 Å². The zero-order valence-electron chi connectivity index (χ0n) is 12.9. The minimum absolute atomic E-state index is 0.148. The summed E-state index contributed by atoms with van der Waals surface area (Å²) in [5.41, 5.74) is 1.36. The van der Waals surface area contributed by atoms with Gasteiger partial charge in [0.2, 0.25) is 5.91 Å². The molecule has 21 heavy (non-hydrogen) atoms. The fraction of sp³-hybridized carbons (Fsp3) is 0.400. The number of nitrogens with zero attached hydrogens (tertiary/aromatic N) is 3. The van der Waals surface area contributed by atoms with Crippen molar-refractivity contribution < 1.29 is 9.59 Å². The average molecular weight is 307 g/mol. The molecule has 1 aromatic rings. The monoisotopic (exact) mass is 307 g/mol. The third kappa shape index (κ3) is 5.23. The van der Waals surface area contributed by atoms with Gasteiger partial charge in [-0.2, -0.15) is 5.10 Å². The van der Waals surface area contributed by atoms with Crippen LogP contribution in [-0.4, -0.2) is 40.5 Å². The molecule has 0 spiro atoms. The second-order valence-electron chi connectivity index (χ2n) is 4.86. The number of thioether (sulfide) groups is 1. The molecular weight excluding hydrogens is 286 g/mol. The molecule has 6 heteroatoms. The minimum atomic E-state index is 0.148. The Balaban J connectivity index is 0.000000235. The number of carbonyl (C=O) groups is 2. The number of aldehydes is 1. The van der Waals surface area contributed by atoms with Crippen molar-refractivity contribution in [2.24, 2.45) is 7.05 Å². The summed E-state index contributed by atoms with van der Waals surface area (Å²) in [7, 11) is 3.61. The summed E-state index contributed by atoms with van der Waals surface area (Å²) in [6, 6.07) is 1.66. The molecule has 0 saturated carbocycles. The number of aromatic nitrogens is 2. The van der Waals surface area contributed by atoms with Crippen LogP contribution in [0.5, 0.6) is 0 Å². The van der Waals surface area contributed by atoms with Gasteiger partial charge in [0.1, 0.15) is 5.69 Å². The summed E-state index contributed by atoms with van der Waals surface area (Å²) in [6.45, 7) is 8.51. The lowest BCUT2D eigenvalue weighted by atomic mass is 10.1. The first kappa shape index (κ1) is 17.2. The lowest BCUT2D eigenvalue weighted by molar-refractivity contribution is -0.126. The van der Waals surface area contributed by atoms with Crippen molar-refractivity contribution in [2.75, 3.05) is 13.6 Å². The van der Waals surface area contributed by atoms with Crippen molar-refractivity contribution in [3.8, 4) is 0 Å². The first-order chi connectivity index (χ1) is 9.85. The Bertz CT molecular complexity index is 575. The SMILES string of the molecule is C=C(C)SC1=C(C)C(=O)N(C)CC1.Cn1ccc(C=O)n1. The van der Waals surface area contributed by atoms with Crippen molar-refractivity contribution in [2.45, 2.75) is 20.3 Å². The summed E-state index contributed by atoms with van der Waals surface area (Å²) >= 11 is 1.63. The van der Waals surface area contributed by atoms with Crippen LogP contribution < -0.4 is 0 Å². The lowest BCUT2D eigenvalue weighted by Gasteiger charge is -2.25. The van der Waals surface area contributed by atoms with Crippen LogP contribution in [0.3, 0.4) is 0 Å². The molecule has 0 saturated heterocycles. The fourth-order valence-electron chi connectivity index (χ4n) is 1.80. The molecule has 1 aliphatic heterocycles. The maximum absolute atomic E-state index is 11.5. The predicted octanol–water partition coefficient (Wildman–Crippen LogP) is 2.62. The zero-order chi connectivity index (χ0) is 16.0. The van der Waals surface area contributed by atoms with Gasteiger partial charge in [-0.25, -0.2) is 0 Å². The Kier molecular flexibility index (Phi) is 6.42. The van der Waals surface area contributed by atoms with E-state index < -0.39 is 0 Å². The Morgan fingerprint density at radius 2 is 2.14 bits per heavy atom. The number of likely N-dealkylation sites (N-methyl/N-ethyl adjacent to an activating group) is 1. The van der Waals surface area contributed by atoms with E-state index in [1.807, 2.05) is 20.9 Å². The number of carbonyl (C=O) groups excluding carboxylic acids is 2. The van der Waals surface area contributed by atoms with E-state index in [0.29, 0.717) is 5.69 Å². The standard InChI is InChI=1S/C10H15NOS.C5H6N2O/c1-7(2)13-9-5-6-11(4)10(12)8(9)3;1-7-3-2-5(4-8)6-7/h1,5-6H2,2-4H3;2-4H,1H3. The van der Waals surface area contributed by atoms with Gasteiger partial charge in [0.15, 0.2) is 6.29 Å². The molecule has 0 bridgehead atoms. The zero-order valence-corrected chi connectivity index (χ0v) is 13.7. The molecule has 0 fully saturated rings. The van der Waals surface area contributed by atoms with Gasteiger partial charge < -0.3 is 4.90 Å². The number of rotatable bonds is 3. The molecular formula is C15H21N3O2S. The Hall–Kier alpha value is -1.82. The predicted molar refractivity (Wildman–Crippen MR) is 86.0 cm³/mol. The first-order valence-electron chi connectivity index (χ1n) is 6.58. The first-order valence-corrected chi connectivity index (χ1v) is 7.40. The third-order valence-corrected chi connectivity index (χ3v) is 4.02. The molecule has 1 aliphatic rings. The maximum Gasteiger partial charge on any atom is 0.250 e. The topological polar surface area (TPSA) is 55.2 Å². The molecule has 1 aromatic heterocycles. The van der Waals surface area contributed by atoms with Gasteiger partial charge in [-0.3, -0.25) is 14.3 Å². The molecule has 0 unspecified atom stereocenters. The van der Waals surface area contributed by atoms with Gasteiger partial charge >= 0.3 is 0 Å². The number of aryl methyl sites for hydroxylation is 1. The number of hydrogen-bond donors (Lipinski definition) is 0. The minimum Gasteiger partial charge on any atom is -0.342 e. The summed E-state index contributed by atoms with van der Waals surface area (Å²) < 4.78 is 1.59. The Morgan fingerprint density at radius 3 is 2.57 bits per heavy atom. The molecule has 0 aromatic carbocycles. The molecule has 0 atom stereocenters. The maximum atomic E-state index is 11.5. The molecule has 5 nitrogen and oxygen atoms in total. The fourth-order valence-corrected chi connectivity index (χ4v) is 2.65. The van der Waals surface area contributed by atoms with Gasteiger partial charge in [-0.1, -0.05) is 18.3 Å². The van der Waals surface area contributed by atoms with E-state index in [2.05, 4.69) is 11.7 Å².